The molecule has 2 aromatic carbocycles. The van der Waals surface area contributed by atoms with Crippen LogP contribution in [0.25, 0.3) is 11.1 Å². The summed E-state index contributed by atoms with van der Waals surface area (Å²) in [5, 5.41) is 0. The lowest BCUT2D eigenvalue weighted by atomic mass is 9.80. The van der Waals surface area contributed by atoms with Crippen molar-refractivity contribution in [3.8, 4) is 11.1 Å². The Morgan fingerprint density at radius 2 is 1.74 bits per heavy atom. The first-order valence-corrected chi connectivity index (χ1v) is 10.7. The fourth-order valence-electron chi connectivity index (χ4n) is 5.01. The van der Waals surface area contributed by atoms with Crippen LogP contribution in [0.2, 0.25) is 0 Å². The number of fused-ring (bicyclic) bond motifs is 5. The molecule has 0 radical (unpaired) electrons. The van der Waals surface area contributed by atoms with Crippen molar-refractivity contribution in [1.82, 2.24) is 9.88 Å². The Balaban J connectivity index is 1.55. The van der Waals surface area contributed by atoms with E-state index in [9.17, 15) is 4.79 Å². The van der Waals surface area contributed by atoms with Gasteiger partial charge in [0.25, 0.3) is 0 Å². The van der Waals surface area contributed by atoms with E-state index in [-0.39, 0.29) is 24.1 Å². The molecule has 158 valence electrons. The van der Waals surface area contributed by atoms with E-state index in [0.29, 0.717) is 5.82 Å². The van der Waals surface area contributed by atoms with Crippen molar-refractivity contribution in [2.24, 2.45) is 0 Å². The summed E-state index contributed by atoms with van der Waals surface area (Å²) in [6.07, 6.45) is 2.46. The summed E-state index contributed by atoms with van der Waals surface area (Å²) in [5.74, 6) is 0.658. The normalized spacial score (nSPS) is 21.8. The summed E-state index contributed by atoms with van der Waals surface area (Å²) in [4.78, 5) is 19.6. The van der Waals surface area contributed by atoms with Crippen LogP contribution in [-0.4, -0.2) is 21.6 Å². The molecule has 1 amide bonds. The third-order valence-electron chi connectivity index (χ3n) is 6.22. The molecule has 3 aromatic rings. The Labute approximate surface area is 182 Å². The number of carbonyl (C=O) groups is 1. The quantitative estimate of drug-likeness (QED) is 0.572. The third-order valence-corrected chi connectivity index (χ3v) is 6.22. The van der Waals surface area contributed by atoms with Gasteiger partial charge in [0.2, 0.25) is 0 Å². The van der Waals surface area contributed by atoms with Crippen LogP contribution in [-0.2, 0) is 4.74 Å². The SMILES string of the molecule is CC(C)(C)OC(=O)N1[C@@H]2C[C@H](c3cnc(N)c(-c4ccccc4)c3)[C@H]1c1ccccc12. The predicted octanol–water partition coefficient (Wildman–Crippen LogP) is 5.85. The van der Waals surface area contributed by atoms with Gasteiger partial charge in [0, 0.05) is 17.7 Å². The Kier molecular flexibility index (Phi) is 4.50. The molecule has 5 rings (SSSR count). The Morgan fingerprint density at radius 3 is 2.45 bits per heavy atom. The topological polar surface area (TPSA) is 68.5 Å². The molecule has 2 bridgehead atoms. The summed E-state index contributed by atoms with van der Waals surface area (Å²) in [5.41, 5.74) is 11.2. The second-order valence-corrected chi connectivity index (χ2v) is 9.39. The van der Waals surface area contributed by atoms with Gasteiger partial charge < -0.3 is 10.5 Å². The third kappa shape index (κ3) is 3.34. The van der Waals surface area contributed by atoms with E-state index >= 15 is 0 Å². The second-order valence-electron chi connectivity index (χ2n) is 9.39. The number of anilines is 1. The lowest BCUT2D eigenvalue weighted by molar-refractivity contribution is 0.0172. The highest BCUT2D eigenvalue weighted by molar-refractivity contribution is 5.75. The molecular weight excluding hydrogens is 386 g/mol. The van der Waals surface area contributed by atoms with E-state index in [0.717, 1.165) is 23.1 Å². The van der Waals surface area contributed by atoms with Gasteiger partial charge in [-0.05, 0) is 55.5 Å². The van der Waals surface area contributed by atoms with E-state index in [1.54, 1.807) is 0 Å². The maximum absolute atomic E-state index is 13.2. The van der Waals surface area contributed by atoms with Crippen LogP contribution in [0.15, 0.2) is 66.9 Å². The smallest absolute Gasteiger partial charge is 0.411 e. The zero-order valence-corrected chi connectivity index (χ0v) is 18.1. The number of benzene rings is 2. The maximum Gasteiger partial charge on any atom is 0.411 e. The number of ether oxygens (including phenoxy) is 1. The predicted molar refractivity (Wildman–Crippen MR) is 121 cm³/mol. The molecule has 5 nitrogen and oxygen atoms in total. The van der Waals surface area contributed by atoms with E-state index in [4.69, 9.17) is 10.5 Å². The van der Waals surface area contributed by atoms with Crippen molar-refractivity contribution in [3.63, 3.8) is 0 Å². The minimum Gasteiger partial charge on any atom is -0.444 e. The van der Waals surface area contributed by atoms with Gasteiger partial charge in [-0.2, -0.15) is 0 Å². The zero-order chi connectivity index (χ0) is 21.8. The molecule has 1 saturated heterocycles. The molecule has 5 heteroatoms. The molecular formula is C26H27N3O2. The number of carbonyl (C=O) groups excluding carboxylic acids is 1. The van der Waals surface area contributed by atoms with Gasteiger partial charge in [-0.3, -0.25) is 4.90 Å². The highest BCUT2D eigenvalue weighted by Crippen LogP contribution is 2.60. The highest BCUT2D eigenvalue weighted by Gasteiger charge is 2.53. The summed E-state index contributed by atoms with van der Waals surface area (Å²) in [6, 6.07) is 20.5. The highest BCUT2D eigenvalue weighted by atomic mass is 16.6. The minimum atomic E-state index is -0.538. The van der Waals surface area contributed by atoms with Crippen LogP contribution < -0.4 is 5.73 Å². The second kappa shape index (κ2) is 7.12. The van der Waals surface area contributed by atoms with Gasteiger partial charge in [-0.15, -0.1) is 0 Å². The molecule has 1 fully saturated rings. The first-order chi connectivity index (χ1) is 14.8. The fourth-order valence-corrected chi connectivity index (χ4v) is 5.01. The van der Waals surface area contributed by atoms with Crippen molar-refractivity contribution in [2.75, 3.05) is 5.73 Å². The van der Waals surface area contributed by atoms with E-state index < -0.39 is 5.60 Å². The van der Waals surface area contributed by atoms with Crippen LogP contribution in [0.3, 0.4) is 0 Å². The van der Waals surface area contributed by atoms with Gasteiger partial charge in [-0.25, -0.2) is 9.78 Å². The summed E-state index contributed by atoms with van der Waals surface area (Å²) in [6.45, 7) is 5.72. The van der Waals surface area contributed by atoms with Crippen LogP contribution in [0.5, 0.6) is 0 Å². The number of nitrogen functional groups attached to an aromatic ring is 1. The maximum atomic E-state index is 13.2. The van der Waals surface area contributed by atoms with Gasteiger partial charge in [0.1, 0.15) is 11.4 Å². The molecule has 0 saturated carbocycles. The minimum absolute atomic E-state index is 0.0128. The van der Waals surface area contributed by atoms with Gasteiger partial charge >= 0.3 is 6.09 Å². The lowest BCUT2D eigenvalue weighted by Crippen LogP contribution is -2.35. The molecule has 31 heavy (non-hydrogen) atoms. The molecule has 2 aliphatic rings. The Morgan fingerprint density at radius 1 is 1.06 bits per heavy atom. The molecule has 0 unspecified atom stereocenters. The monoisotopic (exact) mass is 413 g/mol. The van der Waals surface area contributed by atoms with Crippen LogP contribution >= 0.6 is 0 Å². The van der Waals surface area contributed by atoms with Crippen molar-refractivity contribution in [3.05, 3.63) is 83.6 Å². The first kappa shape index (κ1) is 19.6. The van der Waals surface area contributed by atoms with Crippen molar-refractivity contribution < 1.29 is 9.53 Å². The number of hydrogen-bond donors (Lipinski definition) is 1. The van der Waals surface area contributed by atoms with Gasteiger partial charge in [0.05, 0.1) is 12.1 Å². The number of nitrogens with two attached hydrogens (primary N) is 1. The van der Waals surface area contributed by atoms with Gasteiger partial charge in [0.15, 0.2) is 0 Å². The van der Waals surface area contributed by atoms with Crippen LogP contribution in [0.1, 0.15) is 61.9 Å². The van der Waals surface area contributed by atoms with E-state index in [2.05, 4.69) is 23.2 Å². The summed E-state index contributed by atoms with van der Waals surface area (Å²) < 4.78 is 5.78. The molecule has 3 atom stereocenters. The Hall–Kier alpha value is -3.34. The van der Waals surface area contributed by atoms with Crippen LogP contribution in [0.4, 0.5) is 10.6 Å². The molecule has 0 aliphatic carbocycles. The summed E-state index contributed by atoms with van der Waals surface area (Å²) in [7, 11) is 0. The molecule has 2 aliphatic heterocycles. The van der Waals surface area contributed by atoms with Crippen molar-refractivity contribution in [1.29, 1.82) is 0 Å². The first-order valence-electron chi connectivity index (χ1n) is 10.7. The lowest BCUT2D eigenvalue weighted by Gasteiger charge is -2.29. The fraction of sp³-hybridized carbons (Fsp3) is 0.308. The average molecular weight is 414 g/mol. The average Bonchev–Trinajstić information content (AvgIpc) is 3.28. The molecule has 3 heterocycles. The summed E-state index contributed by atoms with van der Waals surface area (Å²) >= 11 is 0. The van der Waals surface area contributed by atoms with Gasteiger partial charge in [-0.1, -0.05) is 54.6 Å². The van der Waals surface area contributed by atoms with E-state index in [1.807, 2.05) is 74.3 Å². The Bertz CT molecular complexity index is 1140. The number of amides is 1. The number of hydrogen-bond acceptors (Lipinski definition) is 4. The zero-order valence-electron chi connectivity index (χ0n) is 18.1. The largest absolute Gasteiger partial charge is 0.444 e. The molecule has 0 spiro atoms. The standard InChI is InChI=1S/C26H27N3O2/c1-26(2,3)31-25(30)29-22-14-20(23(29)19-12-8-7-11-18(19)22)17-13-21(24(27)28-15-17)16-9-5-4-6-10-16/h4-13,15,20,22-23H,14H2,1-3H3,(H2,27,28)/t20-,22-,23-/m1/s1. The van der Waals surface area contributed by atoms with Crippen molar-refractivity contribution in [2.45, 2.75) is 50.8 Å². The van der Waals surface area contributed by atoms with Crippen molar-refractivity contribution >= 4 is 11.9 Å². The molecule has 2 N–H and O–H groups in total. The van der Waals surface area contributed by atoms with E-state index in [1.165, 1.54) is 11.1 Å². The number of pyridine rings is 1. The van der Waals surface area contributed by atoms with Crippen LogP contribution in [0, 0.1) is 0 Å². The number of rotatable bonds is 2. The molecule has 1 aromatic heterocycles. The number of nitrogens with zero attached hydrogens (tertiary/aromatic N) is 2. The number of aromatic nitrogens is 1.